The van der Waals surface area contributed by atoms with Crippen molar-refractivity contribution in [1.82, 2.24) is 30.1 Å². The second kappa shape index (κ2) is 15.6. The van der Waals surface area contributed by atoms with Gasteiger partial charge in [0.2, 0.25) is 11.8 Å². The molecule has 1 aliphatic rings. The van der Waals surface area contributed by atoms with Gasteiger partial charge in [-0.15, -0.1) is 0 Å². The van der Waals surface area contributed by atoms with Gasteiger partial charge in [0.1, 0.15) is 0 Å². The minimum atomic E-state index is -0.431. The first-order chi connectivity index (χ1) is 22.3. The number of nitrogens with two attached hydrogens (primary N) is 2. The van der Waals surface area contributed by atoms with E-state index in [-0.39, 0.29) is 35.9 Å². The largest absolute Gasteiger partial charge is 0.370 e. The van der Waals surface area contributed by atoms with E-state index in [0.29, 0.717) is 51.7 Å². The van der Waals surface area contributed by atoms with Gasteiger partial charge < -0.3 is 36.6 Å². The number of aromatic amines is 2. The Morgan fingerprint density at radius 1 is 1.11 bits per heavy atom. The van der Waals surface area contributed by atoms with Gasteiger partial charge in [0.15, 0.2) is 5.96 Å². The Hall–Kier alpha value is -4.64. The Kier molecular flexibility index (Phi) is 11.1. The third-order valence-corrected chi connectivity index (χ3v) is 9.02. The standard InChI is InChI=1S/C35H47N9O2/c1-24(19-28-22-38-23-41-28)44(25(2)45)33(20-26-9-4-3-5-10-26)31-15-18-43(34(46)32(42-31)13-8-16-39-35(36)37)17-14-27-21-40-30-12-7-6-11-29(27)30/h3-7,9-12,21-24,31-33,40,42H,8,13-20H2,1-2H3,(H,38,41)(H4,36,37,39)/t24-,31-,32-,33+/m0/s1. The summed E-state index contributed by atoms with van der Waals surface area (Å²) in [5.41, 5.74) is 15.6. The number of fused-ring (bicyclic) bond motifs is 1. The molecule has 0 spiro atoms. The van der Waals surface area contributed by atoms with E-state index in [4.69, 9.17) is 11.5 Å². The first-order valence-electron chi connectivity index (χ1n) is 16.3. The second-order valence-electron chi connectivity index (χ2n) is 12.3. The van der Waals surface area contributed by atoms with Gasteiger partial charge in [0, 0.05) is 74.1 Å². The van der Waals surface area contributed by atoms with Gasteiger partial charge in [-0.25, -0.2) is 4.98 Å². The number of imidazole rings is 1. The molecule has 0 bridgehead atoms. The van der Waals surface area contributed by atoms with Gasteiger partial charge in [0.25, 0.3) is 0 Å². The maximum Gasteiger partial charge on any atom is 0.239 e. The smallest absolute Gasteiger partial charge is 0.239 e. The summed E-state index contributed by atoms with van der Waals surface area (Å²) in [6.07, 6.45) is 9.52. The lowest BCUT2D eigenvalue weighted by Gasteiger charge is -2.41. The van der Waals surface area contributed by atoms with Crippen molar-refractivity contribution >= 4 is 28.7 Å². The van der Waals surface area contributed by atoms with Crippen molar-refractivity contribution in [3.63, 3.8) is 0 Å². The molecule has 11 heteroatoms. The summed E-state index contributed by atoms with van der Waals surface area (Å²) in [6, 6.07) is 17.7. The van der Waals surface area contributed by atoms with Crippen LogP contribution in [0, 0.1) is 0 Å². The van der Waals surface area contributed by atoms with Crippen molar-refractivity contribution in [2.75, 3.05) is 19.6 Å². The lowest BCUT2D eigenvalue weighted by molar-refractivity contribution is -0.134. The van der Waals surface area contributed by atoms with Crippen LogP contribution in [0.15, 0.2) is 78.3 Å². The van der Waals surface area contributed by atoms with Gasteiger partial charge in [-0.1, -0.05) is 48.5 Å². The molecule has 244 valence electrons. The van der Waals surface area contributed by atoms with Gasteiger partial charge in [0.05, 0.1) is 18.4 Å². The van der Waals surface area contributed by atoms with Crippen molar-refractivity contribution in [1.29, 1.82) is 0 Å². The SMILES string of the molecule is CC(=O)N([C@H](Cc1ccccc1)[C@@H]1CCN(CCc2c[nH]c3ccccc23)C(=O)[C@H](CCCN=C(N)N)N1)[C@@H](C)Cc1cnc[nH]1. The molecule has 2 amide bonds. The van der Waals surface area contributed by atoms with E-state index in [9.17, 15) is 9.59 Å². The summed E-state index contributed by atoms with van der Waals surface area (Å²) >= 11 is 0. The van der Waals surface area contributed by atoms with Crippen molar-refractivity contribution in [3.05, 3.63) is 90.1 Å². The molecule has 2 aromatic carbocycles. The van der Waals surface area contributed by atoms with E-state index in [2.05, 4.69) is 56.5 Å². The fourth-order valence-corrected chi connectivity index (χ4v) is 6.84. The first kappa shape index (κ1) is 32.7. The average Bonchev–Trinajstić information content (AvgIpc) is 3.68. The molecule has 5 rings (SSSR count). The molecule has 0 radical (unpaired) electrons. The monoisotopic (exact) mass is 625 g/mol. The van der Waals surface area contributed by atoms with Crippen LogP contribution in [0.4, 0.5) is 0 Å². The molecule has 2 aromatic heterocycles. The van der Waals surface area contributed by atoms with Gasteiger partial charge in [-0.3, -0.25) is 14.6 Å². The quantitative estimate of drug-likeness (QED) is 0.0822. The van der Waals surface area contributed by atoms with E-state index in [1.165, 1.54) is 10.9 Å². The summed E-state index contributed by atoms with van der Waals surface area (Å²) in [5, 5.41) is 4.94. The predicted molar refractivity (Wildman–Crippen MR) is 182 cm³/mol. The number of carbonyl (C=O) groups is 2. The van der Waals surface area contributed by atoms with Crippen LogP contribution < -0.4 is 16.8 Å². The zero-order valence-electron chi connectivity index (χ0n) is 26.9. The molecule has 0 unspecified atom stereocenters. The van der Waals surface area contributed by atoms with E-state index >= 15 is 0 Å². The Morgan fingerprint density at radius 2 is 1.89 bits per heavy atom. The zero-order chi connectivity index (χ0) is 32.5. The first-order valence-corrected chi connectivity index (χ1v) is 16.3. The van der Waals surface area contributed by atoms with Gasteiger partial charge >= 0.3 is 0 Å². The number of guanidine groups is 1. The predicted octanol–water partition coefficient (Wildman–Crippen LogP) is 3.14. The number of para-hydroxylation sites is 1. The van der Waals surface area contributed by atoms with E-state index in [0.717, 1.165) is 23.2 Å². The Bertz CT molecular complexity index is 1580. The summed E-state index contributed by atoms with van der Waals surface area (Å²) in [7, 11) is 0. The van der Waals surface area contributed by atoms with Crippen LogP contribution in [0.1, 0.15) is 49.9 Å². The molecule has 1 fully saturated rings. The number of amides is 2. The Labute approximate surface area is 270 Å². The third kappa shape index (κ3) is 8.33. The molecular formula is C35H47N9O2. The van der Waals surface area contributed by atoms with Gasteiger partial charge in [-0.2, -0.15) is 0 Å². The molecule has 46 heavy (non-hydrogen) atoms. The number of hydrogen-bond donors (Lipinski definition) is 5. The highest BCUT2D eigenvalue weighted by atomic mass is 16.2. The topological polar surface area (TPSA) is 162 Å². The Morgan fingerprint density at radius 3 is 2.63 bits per heavy atom. The number of nitrogens with zero attached hydrogens (tertiary/aromatic N) is 4. The van der Waals surface area contributed by atoms with Crippen molar-refractivity contribution in [3.8, 4) is 0 Å². The molecular weight excluding hydrogens is 578 g/mol. The number of nitrogens with one attached hydrogen (secondary N) is 3. The summed E-state index contributed by atoms with van der Waals surface area (Å²) in [4.78, 5) is 46.5. The fraction of sp³-hybridized carbons (Fsp3) is 0.429. The maximum absolute atomic E-state index is 14.2. The molecule has 11 nitrogen and oxygen atoms in total. The van der Waals surface area contributed by atoms with Crippen molar-refractivity contribution in [2.45, 2.75) is 76.5 Å². The van der Waals surface area contributed by atoms with Crippen LogP contribution in [0.3, 0.4) is 0 Å². The summed E-state index contributed by atoms with van der Waals surface area (Å²) < 4.78 is 0. The number of hydrogen-bond acceptors (Lipinski definition) is 5. The fourth-order valence-electron chi connectivity index (χ4n) is 6.84. The summed E-state index contributed by atoms with van der Waals surface area (Å²) in [6.45, 7) is 5.37. The van der Waals surface area contributed by atoms with Crippen LogP contribution in [0.25, 0.3) is 10.9 Å². The molecule has 1 saturated heterocycles. The molecule has 3 heterocycles. The average molecular weight is 626 g/mol. The maximum atomic E-state index is 14.2. The third-order valence-electron chi connectivity index (χ3n) is 9.02. The summed E-state index contributed by atoms with van der Waals surface area (Å²) in [5.74, 6) is 0.126. The van der Waals surface area contributed by atoms with Gasteiger partial charge in [-0.05, 0) is 56.2 Å². The van der Waals surface area contributed by atoms with E-state index in [1.807, 2.05) is 52.5 Å². The molecule has 4 aromatic rings. The number of H-pyrrole nitrogens is 2. The molecule has 0 aliphatic carbocycles. The normalized spacial score (nSPS) is 18.2. The molecule has 7 N–H and O–H groups in total. The van der Waals surface area contributed by atoms with Crippen molar-refractivity contribution in [2.24, 2.45) is 16.5 Å². The van der Waals surface area contributed by atoms with Crippen LogP contribution in [0.2, 0.25) is 0 Å². The highest BCUT2D eigenvalue weighted by Crippen LogP contribution is 2.24. The minimum absolute atomic E-state index is 0.00539. The highest BCUT2D eigenvalue weighted by molar-refractivity contribution is 5.84. The van der Waals surface area contributed by atoms with Crippen molar-refractivity contribution < 1.29 is 9.59 Å². The van der Waals surface area contributed by atoms with E-state index in [1.54, 1.807) is 13.3 Å². The number of benzene rings is 2. The highest BCUT2D eigenvalue weighted by Gasteiger charge is 2.38. The van der Waals surface area contributed by atoms with Crippen LogP contribution >= 0.6 is 0 Å². The van der Waals surface area contributed by atoms with Crippen LogP contribution in [-0.4, -0.2) is 86.3 Å². The lowest BCUT2D eigenvalue weighted by atomic mass is 9.92. The van der Waals surface area contributed by atoms with Crippen LogP contribution in [0.5, 0.6) is 0 Å². The van der Waals surface area contributed by atoms with Crippen LogP contribution in [-0.2, 0) is 28.9 Å². The number of aromatic nitrogens is 3. The zero-order valence-corrected chi connectivity index (χ0v) is 26.9. The second-order valence-corrected chi connectivity index (χ2v) is 12.3. The lowest BCUT2D eigenvalue weighted by Crippen LogP contribution is -2.58. The Balaban J connectivity index is 1.42. The number of rotatable bonds is 14. The molecule has 4 atom stereocenters. The molecule has 0 saturated carbocycles. The number of carbonyl (C=O) groups excluding carboxylic acids is 2. The van der Waals surface area contributed by atoms with E-state index < -0.39 is 6.04 Å². The molecule has 1 aliphatic heterocycles. The minimum Gasteiger partial charge on any atom is -0.370 e. The number of aliphatic imine (C=N–C) groups is 1.